The number of rotatable bonds is 3. The minimum Gasteiger partial charge on any atom is -0.469 e. The van der Waals surface area contributed by atoms with E-state index >= 15 is 0 Å². The standard InChI is InChI=1S/C13H17NO3/c1-9-5-6-10(2)11(7-9)14(3)12(15)8-13(16)17-4/h5-7H,8H2,1-4H3. The van der Waals surface area contributed by atoms with Crippen molar-refractivity contribution in [2.45, 2.75) is 20.3 Å². The summed E-state index contributed by atoms with van der Waals surface area (Å²) < 4.78 is 4.47. The molecule has 4 heteroatoms. The molecule has 0 N–H and O–H groups in total. The summed E-state index contributed by atoms with van der Waals surface area (Å²) in [5.74, 6) is -0.794. The van der Waals surface area contributed by atoms with Crippen LogP contribution in [0, 0.1) is 13.8 Å². The molecule has 0 bridgehead atoms. The fraction of sp³-hybridized carbons (Fsp3) is 0.385. The van der Waals surface area contributed by atoms with Crippen molar-refractivity contribution in [3.63, 3.8) is 0 Å². The summed E-state index contributed by atoms with van der Waals surface area (Å²) in [5.41, 5.74) is 2.89. The van der Waals surface area contributed by atoms with E-state index in [0.717, 1.165) is 16.8 Å². The number of anilines is 1. The number of nitrogens with zero attached hydrogens (tertiary/aromatic N) is 1. The molecule has 4 nitrogen and oxygen atoms in total. The van der Waals surface area contributed by atoms with Crippen LogP contribution < -0.4 is 4.90 Å². The van der Waals surface area contributed by atoms with E-state index in [1.165, 1.54) is 12.0 Å². The molecule has 1 aromatic carbocycles. The SMILES string of the molecule is COC(=O)CC(=O)N(C)c1cc(C)ccc1C. The van der Waals surface area contributed by atoms with Crippen LogP contribution in [0.2, 0.25) is 0 Å². The van der Waals surface area contributed by atoms with Crippen molar-refractivity contribution >= 4 is 17.6 Å². The monoisotopic (exact) mass is 235 g/mol. The van der Waals surface area contributed by atoms with Crippen LogP contribution in [0.3, 0.4) is 0 Å². The molecule has 0 fully saturated rings. The van der Waals surface area contributed by atoms with Crippen LogP contribution in [0.25, 0.3) is 0 Å². The molecule has 92 valence electrons. The summed E-state index contributed by atoms with van der Waals surface area (Å²) >= 11 is 0. The first-order valence-electron chi connectivity index (χ1n) is 5.36. The molecule has 0 aliphatic rings. The molecule has 17 heavy (non-hydrogen) atoms. The highest BCUT2D eigenvalue weighted by atomic mass is 16.5. The number of amides is 1. The summed E-state index contributed by atoms with van der Waals surface area (Å²) in [4.78, 5) is 24.3. The Morgan fingerprint density at radius 2 is 1.94 bits per heavy atom. The smallest absolute Gasteiger partial charge is 0.315 e. The van der Waals surface area contributed by atoms with Crippen molar-refractivity contribution in [2.75, 3.05) is 19.1 Å². The zero-order chi connectivity index (χ0) is 13.0. The normalized spacial score (nSPS) is 9.88. The fourth-order valence-electron chi connectivity index (χ4n) is 1.53. The Balaban J connectivity index is 2.88. The number of ether oxygens (including phenoxy) is 1. The van der Waals surface area contributed by atoms with Crippen LogP contribution in [0.5, 0.6) is 0 Å². The molecule has 0 aliphatic heterocycles. The highest BCUT2D eigenvalue weighted by molar-refractivity contribution is 6.03. The van der Waals surface area contributed by atoms with Gasteiger partial charge in [-0.1, -0.05) is 12.1 Å². The Morgan fingerprint density at radius 1 is 1.29 bits per heavy atom. The first-order chi connectivity index (χ1) is 7.95. The van der Waals surface area contributed by atoms with Gasteiger partial charge in [0.15, 0.2) is 0 Å². The van der Waals surface area contributed by atoms with E-state index in [-0.39, 0.29) is 12.3 Å². The van der Waals surface area contributed by atoms with E-state index in [2.05, 4.69) is 4.74 Å². The van der Waals surface area contributed by atoms with Crippen LogP contribution in [0.4, 0.5) is 5.69 Å². The number of hydrogen-bond donors (Lipinski definition) is 0. The Hall–Kier alpha value is -1.84. The van der Waals surface area contributed by atoms with Crippen molar-refractivity contribution in [1.29, 1.82) is 0 Å². The second kappa shape index (κ2) is 5.48. The Morgan fingerprint density at radius 3 is 2.53 bits per heavy atom. The van der Waals surface area contributed by atoms with E-state index in [0.29, 0.717) is 0 Å². The lowest BCUT2D eigenvalue weighted by Crippen LogP contribution is -2.29. The Bertz CT molecular complexity index is 440. The van der Waals surface area contributed by atoms with Gasteiger partial charge in [-0.25, -0.2) is 0 Å². The summed E-state index contributed by atoms with van der Waals surface area (Å²) in [6.45, 7) is 3.89. The van der Waals surface area contributed by atoms with Gasteiger partial charge in [0.05, 0.1) is 7.11 Å². The molecular formula is C13H17NO3. The van der Waals surface area contributed by atoms with Gasteiger partial charge in [-0.2, -0.15) is 0 Å². The molecule has 1 amide bonds. The van der Waals surface area contributed by atoms with Gasteiger partial charge >= 0.3 is 5.97 Å². The lowest BCUT2D eigenvalue weighted by atomic mass is 10.1. The number of carbonyl (C=O) groups excluding carboxylic acids is 2. The molecule has 0 saturated heterocycles. The number of carbonyl (C=O) groups is 2. The fourth-order valence-corrected chi connectivity index (χ4v) is 1.53. The highest BCUT2D eigenvalue weighted by Gasteiger charge is 2.16. The Kier molecular flexibility index (Phi) is 4.26. The van der Waals surface area contributed by atoms with Crippen molar-refractivity contribution < 1.29 is 14.3 Å². The second-order valence-corrected chi connectivity index (χ2v) is 4.00. The number of hydrogen-bond acceptors (Lipinski definition) is 3. The molecule has 0 aromatic heterocycles. The maximum atomic E-state index is 11.8. The molecule has 0 heterocycles. The van der Waals surface area contributed by atoms with Gasteiger partial charge in [0, 0.05) is 12.7 Å². The molecule has 0 atom stereocenters. The largest absolute Gasteiger partial charge is 0.469 e. The highest BCUT2D eigenvalue weighted by Crippen LogP contribution is 2.20. The van der Waals surface area contributed by atoms with E-state index in [1.807, 2.05) is 32.0 Å². The molecule has 1 aromatic rings. The van der Waals surface area contributed by atoms with Gasteiger partial charge in [-0.05, 0) is 31.0 Å². The van der Waals surface area contributed by atoms with Crippen molar-refractivity contribution in [3.05, 3.63) is 29.3 Å². The lowest BCUT2D eigenvalue weighted by molar-refractivity contribution is -0.143. The number of esters is 1. The third-order valence-corrected chi connectivity index (χ3v) is 2.62. The van der Waals surface area contributed by atoms with Gasteiger partial charge < -0.3 is 9.64 Å². The summed E-state index contributed by atoms with van der Waals surface area (Å²) in [5, 5.41) is 0. The number of benzene rings is 1. The van der Waals surface area contributed by atoms with Gasteiger partial charge in [-0.3, -0.25) is 9.59 Å². The van der Waals surface area contributed by atoms with Crippen LogP contribution in [0.15, 0.2) is 18.2 Å². The van der Waals surface area contributed by atoms with Crippen LogP contribution >= 0.6 is 0 Å². The average molecular weight is 235 g/mol. The molecule has 0 aliphatic carbocycles. The third-order valence-electron chi connectivity index (χ3n) is 2.62. The average Bonchev–Trinajstić information content (AvgIpc) is 2.31. The zero-order valence-electron chi connectivity index (χ0n) is 10.6. The molecule has 0 unspecified atom stereocenters. The Labute approximate surface area is 101 Å². The van der Waals surface area contributed by atoms with Crippen molar-refractivity contribution in [1.82, 2.24) is 0 Å². The van der Waals surface area contributed by atoms with E-state index in [4.69, 9.17) is 0 Å². The van der Waals surface area contributed by atoms with Crippen LogP contribution in [0.1, 0.15) is 17.5 Å². The summed E-state index contributed by atoms with van der Waals surface area (Å²) in [6.07, 6.45) is -0.236. The first kappa shape index (κ1) is 13.2. The predicted molar refractivity (Wildman–Crippen MR) is 66.0 cm³/mol. The van der Waals surface area contributed by atoms with Gasteiger partial charge in [0.2, 0.25) is 5.91 Å². The molecular weight excluding hydrogens is 218 g/mol. The van der Waals surface area contributed by atoms with Gasteiger partial charge in [0.1, 0.15) is 6.42 Å². The third kappa shape index (κ3) is 3.31. The number of methoxy groups -OCH3 is 1. The zero-order valence-corrected chi connectivity index (χ0v) is 10.6. The maximum Gasteiger partial charge on any atom is 0.315 e. The van der Waals surface area contributed by atoms with Gasteiger partial charge in [0.25, 0.3) is 0 Å². The predicted octanol–water partition coefficient (Wildman–Crippen LogP) is 1.83. The van der Waals surface area contributed by atoms with E-state index in [1.54, 1.807) is 7.05 Å². The first-order valence-corrected chi connectivity index (χ1v) is 5.36. The molecule has 0 radical (unpaired) electrons. The minimum atomic E-state index is -0.521. The molecule has 0 spiro atoms. The summed E-state index contributed by atoms with van der Waals surface area (Å²) in [6, 6.07) is 5.86. The lowest BCUT2D eigenvalue weighted by Gasteiger charge is -2.19. The van der Waals surface area contributed by atoms with Crippen molar-refractivity contribution in [3.8, 4) is 0 Å². The van der Waals surface area contributed by atoms with Crippen molar-refractivity contribution in [2.24, 2.45) is 0 Å². The topological polar surface area (TPSA) is 46.6 Å². The second-order valence-electron chi connectivity index (χ2n) is 4.00. The number of aryl methyl sites for hydroxylation is 2. The quantitative estimate of drug-likeness (QED) is 0.593. The minimum absolute atomic E-state index is 0.236. The van der Waals surface area contributed by atoms with Crippen LogP contribution in [-0.4, -0.2) is 26.0 Å². The van der Waals surface area contributed by atoms with Gasteiger partial charge in [-0.15, -0.1) is 0 Å². The molecule has 1 rings (SSSR count). The van der Waals surface area contributed by atoms with E-state index < -0.39 is 5.97 Å². The molecule has 0 saturated carbocycles. The van der Waals surface area contributed by atoms with E-state index in [9.17, 15) is 9.59 Å². The maximum absolute atomic E-state index is 11.8. The van der Waals surface area contributed by atoms with Crippen LogP contribution in [-0.2, 0) is 14.3 Å². The summed E-state index contributed by atoms with van der Waals surface area (Å²) in [7, 11) is 2.93.